The molecule has 0 spiro atoms. The van der Waals surface area contributed by atoms with Gasteiger partial charge in [0.2, 0.25) is 0 Å². The van der Waals surface area contributed by atoms with Crippen LogP contribution in [0.25, 0.3) is 0 Å². The minimum Gasteiger partial charge on any atom is -0.456 e. The second-order valence-corrected chi connectivity index (χ2v) is 4.99. The third-order valence-corrected chi connectivity index (χ3v) is 2.27. The topological polar surface area (TPSA) is 26.3 Å². The van der Waals surface area contributed by atoms with E-state index in [0.717, 1.165) is 0 Å². The van der Waals surface area contributed by atoms with Crippen LogP contribution in [0.1, 0.15) is 36.7 Å². The van der Waals surface area contributed by atoms with Crippen LogP contribution in [-0.4, -0.2) is 11.6 Å². The normalized spacial score (nSPS) is 11.4. The molecule has 0 atom stereocenters. The highest BCUT2D eigenvalue weighted by atomic mass is 35.5. The van der Waals surface area contributed by atoms with Crippen LogP contribution >= 0.6 is 11.6 Å². The first-order chi connectivity index (χ1) is 7.20. The molecule has 2 nitrogen and oxygen atoms in total. The maximum absolute atomic E-state index is 13.5. The van der Waals surface area contributed by atoms with Crippen molar-refractivity contribution in [3.05, 3.63) is 34.1 Å². The summed E-state index contributed by atoms with van der Waals surface area (Å²) in [6, 6.07) is 2.52. The zero-order valence-corrected chi connectivity index (χ0v) is 10.5. The highest BCUT2D eigenvalue weighted by molar-refractivity contribution is 6.31. The van der Waals surface area contributed by atoms with Crippen LogP contribution in [0, 0.1) is 12.7 Å². The number of benzene rings is 1. The molecule has 0 aliphatic carbocycles. The monoisotopic (exact) mass is 244 g/mol. The molecule has 4 heteroatoms. The number of carbonyl (C=O) groups excluding carboxylic acids is 1. The zero-order valence-electron chi connectivity index (χ0n) is 9.73. The number of ether oxygens (including phenoxy) is 1. The molecule has 1 aromatic carbocycles. The quantitative estimate of drug-likeness (QED) is 0.704. The third kappa shape index (κ3) is 3.20. The highest BCUT2D eigenvalue weighted by Crippen LogP contribution is 2.22. The van der Waals surface area contributed by atoms with Gasteiger partial charge in [0, 0.05) is 5.02 Å². The van der Waals surface area contributed by atoms with Gasteiger partial charge < -0.3 is 4.74 Å². The van der Waals surface area contributed by atoms with Gasteiger partial charge in [-0.2, -0.15) is 0 Å². The predicted octanol–water partition coefficient (Wildman–Crippen LogP) is 3.74. The Hall–Kier alpha value is -1.09. The molecule has 0 amide bonds. The van der Waals surface area contributed by atoms with Gasteiger partial charge in [0.1, 0.15) is 11.4 Å². The largest absolute Gasteiger partial charge is 0.456 e. The van der Waals surface area contributed by atoms with E-state index in [2.05, 4.69) is 0 Å². The molecule has 0 bridgehead atoms. The number of hydrogen-bond donors (Lipinski definition) is 0. The molecule has 0 aliphatic heterocycles. The number of carbonyl (C=O) groups is 1. The van der Waals surface area contributed by atoms with Crippen molar-refractivity contribution in [1.29, 1.82) is 0 Å². The first kappa shape index (κ1) is 13.0. The fourth-order valence-electron chi connectivity index (χ4n) is 1.14. The molecule has 88 valence electrons. The van der Waals surface area contributed by atoms with Crippen molar-refractivity contribution in [2.75, 3.05) is 0 Å². The van der Waals surface area contributed by atoms with Crippen LogP contribution in [0.5, 0.6) is 0 Å². The van der Waals surface area contributed by atoms with Gasteiger partial charge in [0.25, 0.3) is 0 Å². The summed E-state index contributed by atoms with van der Waals surface area (Å²) in [5.41, 5.74) is -0.196. The standard InChI is InChI=1S/C12H14ClFO2/c1-7-5-10(14)8(6-9(7)13)11(15)16-12(2,3)4/h5-6H,1-4H3. The number of rotatable bonds is 1. The lowest BCUT2D eigenvalue weighted by molar-refractivity contribution is 0.00647. The lowest BCUT2D eigenvalue weighted by Crippen LogP contribution is -2.24. The van der Waals surface area contributed by atoms with E-state index < -0.39 is 17.4 Å². The van der Waals surface area contributed by atoms with Gasteiger partial charge in [-0.25, -0.2) is 9.18 Å². The second-order valence-electron chi connectivity index (χ2n) is 4.58. The summed E-state index contributed by atoms with van der Waals surface area (Å²) in [5, 5.41) is 0.349. The van der Waals surface area contributed by atoms with Gasteiger partial charge in [0.05, 0.1) is 5.56 Å². The van der Waals surface area contributed by atoms with Crippen molar-refractivity contribution in [3.8, 4) is 0 Å². The molecule has 0 heterocycles. The molecular weight excluding hydrogens is 231 g/mol. The average Bonchev–Trinajstić information content (AvgIpc) is 2.08. The molecular formula is C12H14ClFO2. The molecule has 1 aromatic rings. The Balaban J connectivity index is 3.05. The molecule has 0 radical (unpaired) electrons. The van der Waals surface area contributed by atoms with Crippen molar-refractivity contribution >= 4 is 17.6 Å². The van der Waals surface area contributed by atoms with Crippen LogP contribution in [0.15, 0.2) is 12.1 Å². The summed E-state index contributed by atoms with van der Waals surface area (Å²) in [4.78, 5) is 11.6. The minimum atomic E-state index is -0.702. The molecule has 0 fully saturated rings. The summed E-state index contributed by atoms with van der Waals surface area (Å²) in [6.45, 7) is 6.83. The van der Waals surface area contributed by atoms with Gasteiger partial charge in [-0.1, -0.05) is 11.6 Å². The van der Waals surface area contributed by atoms with E-state index in [1.165, 1.54) is 12.1 Å². The molecule has 0 aliphatic rings. The van der Waals surface area contributed by atoms with E-state index >= 15 is 0 Å². The van der Waals surface area contributed by atoms with E-state index in [1.54, 1.807) is 27.7 Å². The molecule has 0 unspecified atom stereocenters. The summed E-state index contributed by atoms with van der Waals surface area (Å²) in [5.74, 6) is -1.32. The Kier molecular flexibility index (Phi) is 3.58. The maximum Gasteiger partial charge on any atom is 0.341 e. The first-order valence-corrected chi connectivity index (χ1v) is 5.27. The minimum absolute atomic E-state index is 0.134. The smallest absolute Gasteiger partial charge is 0.341 e. The summed E-state index contributed by atoms with van der Waals surface area (Å²) in [6.07, 6.45) is 0. The summed E-state index contributed by atoms with van der Waals surface area (Å²) >= 11 is 5.83. The Bertz CT molecular complexity index is 422. The lowest BCUT2D eigenvalue weighted by Gasteiger charge is -2.19. The van der Waals surface area contributed by atoms with Crippen LogP contribution < -0.4 is 0 Å². The van der Waals surface area contributed by atoms with E-state index in [1.807, 2.05) is 0 Å². The number of aryl methyl sites for hydroxylation is 1. The van der Waals surface area contributed by atoms with Gasteiger partial charge in [0.15, 0.2) is 0 Å². The van der Waals surface area contributed by atoms with Crippen LogP contribution in [-0.2, 0) is 4.74 Å². The Morgan fingerprint density at radius 1 is 1.38 bits per heavy atom. The van der Waals surface area contributed by atoms with Gasteiger partial charge in [-0.05, 0) is 45.4 Å². The number of esters is 1. The average molecular weight is 245 g/mol. The van der Waals surface area contributed by atoms with E-state index in [9.17, 15) is 9.18 Å². The van der Waals surface area contributed by atoms with Crippen LogP contribution in [0.4, 0.5) is 4.39 Å². The first-order valence-electron chi connectivity index (χ1n) is 4.90. The van der Waals surface area contributed by atoms with Crippen molar-refractivity contribution in [1.82, 2.24) is 0 Å². The van der Waals surface area contributed by atoms with E-state index in [0.29, 0.717) is 10.6 Å². The van der Waals surface area contributed by atoms with E-state index in [-0.39, 0.29) is 5.56 Å². The van der Waals surface area contributed by atoms with Gasteiger partial charge >= 0.3 is 5.97 Å². The molecule has 1 rings (SSSR count). The van der Waals surface area contributed by atoms with Crippen LogP contribution in [0.2, 0.25) is 5.02 Å². The van der Waals surface area contributed by atoms with E-state index in [4.69, 9.17) is 16.3 Å². The second kappa shape index (κ2) is 4.42. The SMILES string of the molecule is Cc1cc(F)c(C(=O)OC(C)(C)C)cc1Cl. The van der Waals surface area contributed by atoms with Gasteiger partial charge in [-0.15, -0.1) is 0 Å². The zero-order chi connectivity index (χ0) is 12.5. The third-order valence-electron chi connectivity index (χ3n) is 1.87. The van der Waals surface area contributed by atoms with Crippen molar-refractivity contribution in [2.45, 2.75) is 33.3 Å². The molecule has 0 saturated carbocycles. The fraction of sp³-hybridized carbons (Fsp3) is 0.417. The molecule has 0 aromatic heterocycles. The van der Waals surface area contributed by atoms with Gasteiger partial charge in [-0.3, -0.25) is 0 Å². The summed E-state index contributed by atoms with van der Waals surface area (Å²) in [7, 11) is 0. The Morgan fingerprint density at radius 3 is 2.44 bits per heavy atom. The van der Waals surface area contributed by atoms with Crippen LogP contribution in [0.3, 0.4) is 0 Å². The van der Waals surface area contributed by atoms with Crippen molar-refractivity contribution < 1.29 is 13.9 Å². The molecule has 0 saturated heterocycles. The lowest BCUT2D eigenvalue weighted by atomic mass is 10.1. The number of halogens is 2. The maximum atomic E-state index is 13.5. The highest BCUT2D eigenvalue weighted by Gasteiger charge is 2.21. The van der Waals surface area contributed by atoms with Crippen molar-refractivity contribution in [2.24, 2.45) is 0 Å². The molecule has 0 N–H and O–H groups in total. The Labute approximate surface area is 99.4 Å². The van der Waals surface area contributed by atoms with Crippen molar-refractivity contribution in [3.63, 3.8) is 0 Å². The summed E-state index contributed by atoms with van der Waals surface area (Å²) < 4.78 is 18.6. The fourth-order valence-corrected chi connectivity index (χ4v) is 1.30. The number of hydrogen-bond acceptors (Lipinski definition) is 2. The Morgan fingerprint density at radius 2 is 1.94 bits per heavy atom. The molecule has 16 heavy (non-hydrogen) atoms. The predicted molar refractivity (Wildman–Crippen MR) is 61.3 cm³/mol.